The highest BCUT2D eigenvalue weighted by Gasteiger charge is 2.49. The van der Waals surface area contributed by atoms with Gasteiger partial charge in [-0.15, -0.1) is 0 Å². The molecule has 0 saturated heterocycles. The molecule has 0 amide bonds. The molecule has 0 aromatic heterocycles. The van der Waals surface area contributed by atoms with Crippen molar-refractivity contribution in [1.82, 2.24) is 0 Å². The lowest BCUT2D eigenvalue weighted by Crippen LogP contribution is -2.31. The number of carbonyl (C=O) groups excluding carboxylic acids is 2. The summed E-state index contributed by atoms with van der Waals surface area (Å²) in [6.07, 6.45) is 3.72. The molecule has 2 bridgehead atoms. The molecular weight excluding hydrogens is 196 g/mol. The predicted molar refractivity (Wildman–Crippen MR) is 51.6 cm³/mol. The topological polar surface area (TPSA) is 52.6 Å². The second-order valence-electron chi connectivity index (χ2n) is 4.31. The van der Waals surface area contributed by atoms with Gasteiger partial charge in [0.05, 0.1) is 0 Å². The van der Waals surface area contributed by atoms with Gasteiger partial charge in [0.25, 0.3) is 0 Å². The second-order valence-corrected chi connectivity index (χ2v) is 4.31. The van der Waals surface area contributed by atoms with E-state index in [9.17, 15) is 9.59 Å². The summed E-state index contributed by atoms with van der Waals surface area (Å²) in [5.74, 6) is 0.129. The van der Waals surface area contributed by atoms with E-state index in [4.69, 9.17) is 9.47 Å². The number of hydrogen-bond donors (Lipinski definition) is 0. The van der Waals surface area contributed by atoms with Gasteiger partial charge in [-0.3, -0.25) is 9.59 Å². The summed E-state index contributed by atoms with van der Waals surface area (Å²) in [5.41, 5.74) is 0. The maximum atomic E-state index is 10.8. The molecule has 0 spiro atoms. The van der Waals surface area contributed by atoms with E-state index in [1.165, 1.54) is 13.8 Å². The Bertz CT molecular complexity index is 258. The van der Waals surface area contributed by atoms with E-state index in [1.807, 2.05) is 6.42 Å². The minimum Gasteiger partial charge on any atom is -0.462 e. The van der Waals surface area contributed by atoms with Gasteiger partial charge in [-0.05, 0) is 12.8 Å². The minimum atomic E-state index is -0.243. The lowest BCUT2D eigenvalue weighted by molar-refractivity contribution is -0.153. The van der Waals surface area contributed by atoms with Gasteiger partial charge >= 0.3 is 11.9 Å². The number of fused-ring (bicyclic) bond motifs is 2. The third-order valence-electron chi connectivity index (χ3n) is 3.11. The average Bonchev–Trinajstić information content (AvgIpc) is 2.60. The number of esters is 2. The van der Waals surface area contributed by atoms with Crippen molar-refractivity contribution in [3.05, 3.63) is 6.42 Å². The molecule has 0 N–H and O–H groups in total. The number of carbonyl (C=O) groups is 2. The maximum absolute atomic E-state index is 10.8. The lowest BCUT2D eigenvalue weighted by Gasteiger charge is -2.26. The van der Waals surface area contributed by atoms with Crippen molar-refractivity contribution in [2.75, 3.05) is 0 Å². The number of ether oxygens (including phenoxy) is 2. The summed E-state index contributed by atoms with van der Waals surface area (Å²) in [7, 11) is 0. The number of hydrogen-bond acceptors (Lipinski definition) is 4. The van der Waals surface area contributed by atoms with Gasteiger partial charge in [0.1, 0.15) is 12.2 Å². The molecule has 0 aromatic rings. The Labute approximate surface area is 88.9 Å². The molecule has 4 atom stereocenters. The predicted octanol–water partition coefficient (Wildman–Crippen LogP) is 1.09. The van der Waals surface area contributed by atoms with Crippen LogP contribution < -0.4 is 0 Å². The summed E-state index contributed by atoms with van der Waals surface area (Å²) in [6, 6.07) is 0. The molecule has 2 rings (SSSR count). The average molecular weight is 211 g/mol. The Morgan fingerprint density at radius 2 is 1.80 bits per heavy atom. The second kappa shape index (κ2) is 3.83. The van der Waals surface area contributed by atoms with E-state index in [1.54, 1.807) is 0 Å². The molecule has 15 heavy (non-hydrogen) atoms. The van der Waals surface area contributed by atoms with E-state index < -0.39 is 0 Å². The number of rotatable bonds is 2. The summed E-state index contributed by atoms with van der Waals surface area (Å²) in [4.78, 5) is 21.6. The fraction of sp³-hybridized carbons (Fsp3) is 0.727. The lowest BCUT2D eigenvalue weighted by atomic mass is 9.95. The third kappa shape index (κ3) is 2.13. The third-order valence-corrected chi connectivity index (χ3v) is 3.11. The Morgan fingerprint density at radius 1 is 1.13 bits per heavy atom. The fourth-order valence-electron chi connectivity index (χ4n) is 2.62. The summed E-state index contributed by atoms with van der Waals surface area (Å²) in [6.45, 7) is 2.85. The van der Waals surface area contributed by atoms with Crippen molar-refractivity contribution >= 4 is 11.9 Å². The molecular formula is C11H15O4. The van der Waals surface area contributed by atoms with E-state index in [0.717, 1.165) is 12.8 Å². The summed E-state index contributed by atoms with van der Waals surface area (Å²) in [5, 5.41) is 0. The quantitative estimate of drug-likeness (QED) is 0.642. The zero-order valence-corrected chi connectivity index (χ0v) is 8.93. The molecule has 0 unspecified atom stereocenters. The van der Waals surface area contributed by atoms with Crippen LogP contribution in [0, 0.1) is 18.3 Å². The van der Waals surface area contributed by atoms with Crippen molar-refractivity contribution in [3.63, 3.8) is 0 Å². The first-order chi connectivity index (χ1) is 7.06. The zero-order chi connectivity index (χ0) is 11.0. The summed E-state index contributed by atoms with van der Waals surface area (Å²) < 4.78 is 10.4. The molecule has 0 heterocycles. The largest absolute Gasteiger partial charge is 0.462 e. The van der Waals surface area contributed by atoms with Gasteiger partial charge < -0.3 is 9.47 Å². The summed E-state index contributed by atoms with van der Waals surface area (Å²) >= 11 is 0. The van der Waals surface area contributed by atoms with E-state index >= 15 is 0 Å². The standard InChI is InChI=1S/C11H15O4/c1-6(12)14-10-4-9-3-8(10)5-11(9)15-7(2)13/h4,8-11H,3,5H2,1-2H3/t8-,9-,10+,11+/m1/s1. The van der Waals surface area contributed by atoms with Crippen molar-refractivity contribution in [2.45, 2.75) is 38.9 Å². The molecule has 0 aromatic carbocycles. The molecule has 2 aliphatic rings. The van der Waals surface area contributed by atoms with Crippen LogP contribution in [0.2, 0.25) is 0 Å². The highest BCUT2D eigenvalue weighted by Crippen LogP contribution is 2.46. The first-order valence-electron chi connectivity index (χ1n) is 5.25. The highest BCUT2D eigenvalue weighted by molar-refractivity contribution is 5.67. The molecule has 83 valence electrons. The molecule has 2 fully saturated rings. The first-order valence-corrected chi connectivity index (χ1v) is 5.25. The minimum absolute atomic E-state index is 0.000641. The molecule has 1 radical (unpaired) electrons. The zero-order valence-electron chi connectivity index (χ0n) is 8.93. The Morgan fingerprint density at radius 3 is 2.27 bits per heavy atom. The Balaban J connectivity index is 1.88. The fourth-order valence-corrected chi connectivity index (χ4v) is 2.62. The molecule has 0 aliphatic heterocycles. The highest BCUT2D eigenvalue weighted by atomic mass is 16.6. The van der Waals surface area contributed by atoms with Crippen LogP contribution in [0.5, 0.6) is 0 Å². The van der Waals surface area contributed by atoms with Crippen LogP contribution in [0.1, 0.15) is 26.7 Å². The Hall–Kier alpha value is -1.06. The van der Waals surface area contributed by atoms with Gasteiger partial charge in [-0.1, -0.05) is 0 Å². The van der Waals surface area contributed by atoms with Crippen LogP contribution >= 0.6 is 0 Å². The smallest absolute Gasteiger partial charge is 0.302 e. The van der Waals surface area contributed by atoms with Crippen molar-refractivity contribution < 1.29 is 19.1 Å². The van der Waals surface area contributed by atoms with Crippen LogP contribution in [0.25, 0.3) is 0 Å². The molecule has 2 aliphatic carbocycles. The van der Waals surface area contributed by atoms with Crippen molar-refractivity contribution in [1.29, 1.82) is 0 Å². The van der Waals surface area contributed by atoms with Gasteiger partial charge in [0.15, 0.2) is 0 Å². The monoisotopic (exact) mass is 211 g/mol. The van der Waals surface area contributed by atoms with Gasteiger partial charge in [0.2, 0.25) is 0 Å². The van der Waals surface area contributed by atoms with Crippen LogP contribution in [0.4, 0.5) is 0 Å². The van der Waals surface area contributed by atoms with Crippen molar-refractivity contribution in [2.24, 2.45) is 11.8 Å². The molecule has 4 nitrogen and oxygen atoms in total. The van der Waals surface area contributed by atoms with E-state index in [-0.39, 0.29) is 30.1 Å². The van der Waals surface area contributed by atoms with Gasteiger partial charge in [-0.2, -0.15) is 0 Å². The maximum Gasteiger partial charge on any atom is 0.302 e. The molecule has 2 saturated carbocycles. The van der Waals surface area contributed by atoms with Gasteiger partial charge in [0, 0.05) is 32.1 Å². The van der Waals surface area contributed by atoms with Crippen LogP contribution in [0.3, 0.4) is 0 Å². The van der Waals surface area contributed by atoms with Crippen LogP contribution in [-0.2, 0) is 19.1 Å². The molecule has 4 heteroatoms. The Kier molecular flexibility index (Phi) is 2.67. The normalized spacial score (nSPS) is 37.7. The van der Waals surface area contributed by atoms with Gasteiger partial charge in [-0.25, -0.2) is 0 Å². The first kappa shape index (κ1) is 10.5. The van der Waals surface area contributed by atoms with E-state index in [0.29, 0.717) is 5.92 Å². The van der Waals surface area contributed by atoms with E-state index in [2.05, 4.69) is 0 Å². The van der Waals surface area contributed by atoms with Crippen LogP contribution in [0.15, 0.2) is 0 Å². The van der Waals surface area contributed by atoms with Crippen LogP contribution in [-0.4, -0.2) is 24.1 Å². The van der Waals surface area contributed by atoms with Crippen molar-refractivity contribution in [3.8, 4) is 0 Å². The SMILES string of the molecule is CC(=O)O[C@H]1[CH][C@H]2C[C@@H]1C[C@@H]2OC(C)=O.